The summed E-state index contributed by atoms with van der Waals surface area (Å²) in [7, 11) is 0. The summed E-state index contributed by atoms with van der Waals surface area (Å²) in [4.78, 5) is 0. The Balaban J connectivity index is 1.47. The van der Waals surface area contributed by atoms with E-state index in [1.54, 1.807) is 0 Å². The highest BCUT2D eigenvalue weighted by molar-refractivity contribution is 4.90. The Morgan fingerprint density at radius 3 is 2.81 bits per heavy atom. The minimum absolute atomic E-state index is 0.00231. The minimum atomic E-state index is -0.540. The largest absolute Gasteiger partial charge is 0.368 e. The highest BCUT2D eigenvalue weighted by Crippen LogP contribution is 2.40. The summed E-state index contributed by atoms with van der Waals surface area (Å²) in [5.41, 5.74) is 0. The molecule has 4 heteroatoms. The fourth-order valence-corrected chi connectivity index (χ4v) is 3.11. The van der Waals surface area contributed by atoms with E-state index in [0.29, 0.717) is 5.92 Å². The quantitative estimate of drug-likeness (QED) is 0.776. The Morgan fingerprint density at radius 1 is 1.12 bits per heavy atom. The van der Waals surface area contributed by atoms with Gasteiger partial charge in [0.25, 0.3) is 0 Å². The predicted octanol–water partition coefficient (Wildman–Crippen LogP) is 1.42. The molecule has 2 saturated heterocycles. The van der Waals surface area contributed by atoms with E-state index in [1.165, 1.54) is 6.42 Å². The lowest BCUT2D eigenvalue weighted by Crippen LogP contribution is -2.27. The summed E-state index contributed by atoms with van der Waals surface area (Å²) in [6, 6.07) is 0. The molecule has 1 N–H and O–H groups in total. The van der Waals surface area contributed by atoms with Crippen molar-refractivity contribution in [3.63, 3.8) is 0 Å². The number of ether oxygens (including phenoxy) is 3. The van der Waals surface area contributed by atoms with Crippen LogP contribution in [0.25, 0.3) is 0 Å². The molecule has 0 aromatic heterocycles. The minimum Gasteiger partial charge on any atom is -0.368 e. The second-order valence-corrected chi connectivity index (χ2v) is 5.15. The van der Waals surface area contributed by atoms with Crippen molar-refractivity contribution in [1.29, 1.82) is 0 Å². The molecule has 16 heavy (non-hydrogen) atoms. The molecule has 5 unspecified atom stereocenters. The summed E-state index contributed by atoms with van der Waals surface area (Å²) in [6.07, 6.45) is 6.04. The van der Waals surface area contributed by atoms with Gasteiger partial charge in [0.2, 0.25) is 0 Å². The van der Waals surface area contributed by atoms with Gasteiger partial charge in [0.15, 0.2) is 12.6 Å². The SMILES string of the molecule is OC1CC2CC(OC3CCCCO3)CC2O1. The van der Waals surface area contributed by atoms with Crippen LogP contribution in [0.3, 0.4) is 0 Å². The summed E-state index contributed by atoms with van der Waals surface area (Å²) < 4.78 is 17.0. The lowest BCUT2D eigenvalue weighted by molar-refractivity contribution is -0.191. The first kappa shape index (κ1) is 11.0. The Kier molecular flexibility index (Phi) is 3.16. The molecule has 0 aromatic carbocycles. The van der Waals surface area contributed by atoms with Crippen molar-refractivity contribution in [2.24, 2.45) is 5.92 Å². The first-order chi connectivity index (χ1) is 7.81. The molecule has 3 aliphatic rings. The zero-order valence-electron chi connectivity index (χ0n) is 9.51. The molecule has 0 radical (unpaired) electrons. The van der Waals surface area contributed by atoms with Crippen molar-refractivity contribution in [3.05, 3.63) is 0 Å². The Morgan fingerprint density at radius 2 is 2.06 bits per heavy atom. The number of hydrogen-bond donors (Lipinski definition) is 1. The van der Waals surface area contributed by atoms with Gasteiger partial charge < -0.3 is 19.3 Å². The van der Waals surface area contributed by atoms with Gasteiger partial charge in [-0.3, -0.25) is 0 Å². The first-order valence-electron chi connectivity index (χ1n) is 6.42. The van der Waals surface area contributed by atoms with E-state index in [1.807, 2.05) is 0 Å². The zero-order valence-corrected chi connectivity index (χ0v) is 9.51. The monoisotopic (exact) mass is 228 g/mol. The highest BCUT2D eigenvalue weighted by Gasteiger charge is 2.43. The molecular formula is C12H20O4. The van der Waals surface area contributed by atoms with Crippen LogP contribution in [-0.2, 0) is 14.2 Å². The number of aliphatic hydroxyl groups excluding tert-OH is 1. The maximum Gasteiger partial charge on any atom is 0.157 e. The van der Waals surface area contributed by atoms with Crippen LogP contribution in [0.5, 0.6) is 0 Å². The van der Waals surface area contributed by atoms with Gasteiger partial charge in [-0.05, 0) is 31.6 Å². The van der Waals surface area contributed by atoms with Crippen molar-refractivity contribution in [2.45, 2.75) is 63.3 Å². The second-order valence-electron chi connectivity index (χ2n) is 5.15. The number of hydrogen-bond acceptors (Lipinski definition) is 4. The van der Waals surface area contributed by atoms with E-state index in [4.69, 9.17) is 14.2 Å². The number of aliphatic hydroxyl groups is 1. The van der Waals surface area contributed by atoms with Crippen molar-refractivity contribution < 1.29 is 19.3 Å². The predicted molar refractivity (Wildman–Crippen MR) is 56.7 cm³/mol. The Hall–Kier alpha value is -0.160. The summed E-state index contributed by atoms with van der Waals surface area (Å²) in [5.74, 6) is 0.489. The molecule has 0 amide bonds. The fraction of sp³-hybridized carbons (Fsp3) is 1.00. The van der Waals surface area contributed by atoms with Crippen molar-refractivity contribution in [2.75, 3.05) is 6.61 Å². The van der Waals surface area contributed by atoms with Crippen LogP contribution in [0.15, 0.2) is 0 Å². The molecule has 92 valence electrons. The molecule has 2 aliphatic heterocycles. The third kappa shape index (κ3) is 2.25. The molecule has 4 nitrogen and oxygen atoms in total. The van der Waals surface area contributed by atoms with Crippen LogP contribution in [0, 0.1) is 5.92 Å². The third-order valence-corrected chi connectivity index (χ3v) is 3.91. The Bertz CT molecular complexity index is 225. The van der Waals surface area contributed by atoms with Gasteiger partial charge in [-0.15, -0.1) is 0 Å². The van der Waals surface area contributed by atoms with Gasteiger partial charge in [0.05, 0.1) is 12.2 Å². The molecule has 5 atom stereocenters. The molecule has 0 aromatic rings. The average molecular weight is 228 g/mol. The van der Waals surface area contributed by atoms with E-state index in [0.717, 1.165) is 38.7 Å². The summed E-state index contributed by atoms with van der Waals surface area (Å²) >= 11 is 0. The maximum atomic E-state index is 9.35. The van der Waals surface area contributed by atoms with Gasteiger partial charge in [-0.1, -0.05) is 0 Å². The second kappa shape index (κ2) is 4.61. The van der Waals surface area contributed by atoms with Crippen LogP contribution < -0.4 is 0 Å². The van der Waals surface area contributed by atoms with Gasteiger partial charge in [0.1, 0.15) is 0 Å². The Labute approximate surface area is 95.9 Å². The first-order valence-corrected chi connectivity index (χ1v) is 6.42. The molecular weight excluding hydrogens is 208 g/mol. The highest BCUT2D eigenvalue weighted by atomic mass is 16.7. The molecule has 3 rings (SSSR count). The molecule has 3 fully saturated rings. The van der Waals surface area contributed by atoms with Crippen LogP contribution >= 0.6 is 0 Å². The lowest BCUT2D eigenvalue weighted by Gasteiger charge is -2.26. The van der Waals surface area contributed by atoms with E-state index in [2.05, 4.69) is 0 Å². The molecule has 2 heterocycles. The topological polar surface area (TPSA) is 47.9 Å². The zero-order chi connectivity index (χ0) is 11.0. The molecule has 0 bridgehead atoms. The van der Waals surface area contributed by atoms with Crippen LogP contribution in [0.2, 0.25) is 0 Å². The standard InChI is InChI=1S/C12H20O4/c13-11-6-8-5-9(7-10(8)16-11)15-12-3-1-2-4-14-12/h8-13H,1-7H2. The molecule has 0 spiro atoms. The van der Waals surface area contributed by atoms with Crippen LogP contribution in [0.1, 0.15) is 38.5 Å². The third-order valence-electron chi connectivity index (χ3n) is 3.91. The summed E-state index contributed by atoms with van der Waals surface area (Å²) in [5, 5.41) is 9.35. The van der Waals surface area contributed by atoms with Gasteiger partial charge in [-0.25, -0.2) is 0 Å². The normalized spacial score (nSPS) is 48.2. The van der Waals surface area contributed by atoms with E-state index in [-0.39, 0.29) is 18.5 Å². The average Bonchev–Trinajstić information content (AvgIpc) is 2.76. The van der Waals surface area contributed by atoms with E-state index >= 15 is 0 Å². The lowest BCUT2D eigenvalue weighted by atomic mass is 10.0. The smallest absolute Gasteiger partial charge is 0.157 e. The molecule has 1 saturated carbocycles. The van der Waals surface area contributed by atoms with Gasteiger partial charge in [0, 0.05) is 19.4 Å². The van der Waals surface area contributed by atoms with Crippen molar-refractivity contribution >= 4 is 0 Å². The van der Waals surface area contributed by atoms with Crippen molar-refractivity contribution in [3.8, 4) is 0 Å². The van der Waals surface area contributed by atoms with E-state index in [9.17, 15) is 5.11 Å². The van der Waals surface area contributed by atoms with E-state index < -0.39 is 6.29 Å². The van der Waals surface area contributed by atoms with Crippen molar-refractivity contribution in [1.82, 2.24) is 0 Å². The van der Waals surface area contributed by atoms with Gasteiger partial charge in [-0.2, -0.15) is 0 Å². The maximum absolute atomic E-state index is 9.35. The summed E-state index contributed by atoms with van der Waals surface area (Å²) in [6.45, 7) is 0.833. The number of fused-ring (bicyclic) bond motifs is 1. The fourth-order valence-electron chi connectivity index (χ4n) is 3.11. The van der Waals surface area contributed by atoms with Crippen LogP contribution in [-0.4, -0.2) is 36.5 Å². The van der Waals surface area contributed by atoms with Crippen LogP contribution in [0.4, 0.5) is 0 Å². The number of rotatable bonds is 2. The molecule has 1 aliphatic carbocycles. The van der Waals surface area contributed by atoms with Gasteiger partial charge >= 0.3 is 0 Å².